The summed E-state index contributed by atoms with van der Waals surface area (Å²) >= 11 is 0. The van der Waals surface area contributed by atoms with Crippen molar-refractivity contribution in [3.63, 3.8) is 0 Å². The molecule has 1 saturated heterocycles. The monoisotopic (exact) mass is 492 g/mol. The molecule has 0 aliphatic carbocycles. The van der Waals surface area contributed by atoms with E-state index in [0.29, 0.717) is 0 Å². The summed E-state index contributed by atoms with van der Waals surface area (Å²) in [7, 11) is -2.17. The minimum atomic E-state index is -4.69. The van der Waals surface area contributed by atoms with Gasteiger partial charge in [-0.25, -0.2) is 18.4 Å². The van der Waals surface area contributed by atoms with Gasteiger partial charge in [-0.15, -0.1) is 0 Å². The van der Waals surface area contributed by atoms with Crippen molar-refractivity contribution < 1.29 is 35.7 Å². The lowest BCUT2D eigenvalue weighted by atomic mass is 9.87. The first-order valence-electron chi connectivity index (χ1n) is 9.54. The van der Waals surface area contributed by atoms with E-state index in [1.807, 2.05) is 0 Å². The molecule has 0 saturated carbocycles. The van der Waals surface area contributed by atoms with Gasteiger partial charge in [-0.1, -0.05) is 0 Å². The third-order valence-electron chi connectivity index (χ3n) is 5.47. The lowest BCUT2D eigenvalue weighted by molar-refractivity contribution is -0.210. The molecule has 3 atom stereocenters. The van der Waals surface area contributed by atoms with E-state index < -0.39 is 63.6 Å². The number of amides is 1. The van der Waals surface area contributed by atoms with Gasteiger partial charge in [0.1, 0.15) is 11.1 Å². The average molecular weight is 492 g/mol. The second-order valence-electron chi connectivity index (χ2n) is 8.04. The molecule has 1 aliphatic heterocycles. The highest BCUT2D eigenvalue weighted by Crippen LogP contribution is 2.50. The molecule has 180 valence electrons. The fraction of sp³-hybridized carbons (Fsp3) is 0.400. The predicted molar refractivity (Wildman–Crippen MR) is 111 cm³/mol. The Morgan fingerprint density at radius 1 is 1.33 bits per heavy atom. The standard InChI is InChI=1S/C20H21F5N4O3S/c1-19(20(23,24)25)9-14(18(30)28-11-6-7-27-15(8-11)33(3,26)31)29(10-19)13-5-4-12(21)16(22)17(13)32-2/h4-8,14,26H,9-10H2,1-3H3,(H,27,28,30)/t14-,19+,33-/m1/s1. The Kier molecular flexibility index (Phi) is 6.30. The van der Waals surface area contributed by atoms with Gasteiger partial charge in [0.2, 0.25) is 11.7 Å². The van der Waals surface area contributed by atoms with Gasteiger partial charge in [0, 0.05) is 24.7 Å². The lowest BCUT2D eigenvalue weighted by Crippen LogP contribution is -2.40. The lowest BCUT2D eigenvalue weighted by Gasteiger charge is -2.29. The molecule has 2 aromatic rings. The predicted octanol–water partition coefficient (Wildman–Crippen LogP) is 4.19. The van der Waals surface area contributed by atoms with E-state index in [-0.39, 0.29) is 16.4 Å². The maximum atomic E-state index is 14.3. The van der Waals surface area contributed by atoms with Crippen LogP contribution >= 0.6 is 0 Å². The van der Waals surface area contributed by atoms with Gasteiger partial charge in [-0.2, -0.15) is 17.6 Å². The number of benzene rings is 1. The van der Waals surface area contributed by atoms with E-state index in [1.54, 1.807) is 0 Å². The molecule has 1 aliphatic rings. The molecular formula is C20H21F5N4O3S. The fourth-order valence-corrected chi connectivity index (χ4v) is 4.26. The Morgan fingerprint density at radius 2 is 2.00 bits per heavy atom. The molecule has 2 heterocycles. The van der Waals surface area contributed by atoms with Crippen LogP contribution in [0.3, 0.4) is 0 Å². The second kappa shape index (κ2) is 8.43. The normalized spacial score (nSPS) is 22.7. The molecule has 0 unspecified atom stereocenters. The zero-order chi connectivity index (χ0) is 24.8. The van der Waals surface area contributed by atoms with Crippen molar-refractivity contribution >= 4 is 27.0 Å². The first-order valence-corrected chi connectivity index (χ1v) is 11.5. The van der Waals surface area contributed by atoms with Gasteiger partial charge in [-0.3, -0.25) is 4.79 Å². The zero-order valence-electron chi connectivity index (χ0n) is 17.8. The van der Waals surface area contributed by atoms with Gasteiger partial charge >= 0.3 is 6.18 Å². The molecule has 0 bridgehead atoms. The number of halogens is 5. The first kappa shape index (κ1) is 24.7. The molecule has 1 fully saturated rings. The van der Waals surface area contributed by atoms with Crippen LogP contribution in [0.15, 0.2) is 35.5 Å². The smallest absolute Gasteiger partial charge is 0.396 e. The molecule has 1 aromatic carbocycles. The van der Waals surface area contributed by atoms with Crippen molar-refractivity contribution in [3.8, 4) is 5.75 Å². The molecule has 13 heteroatoms. The highest BCUT2D eigenvalue weighted by Gasteiger charge is 2.59. The number of hydrogen-bond acceptors (Lipinski definition) is 6. The molecular weight excluding hydrogens is 471 g/mol. The SMILES string of the molecule is COc1c(N2C[C@@](C)(C(F)(F)F)C[C@@H]2C(=O)Nc2ccnc([S@](C)(=N)=O)c2)ccc(F)c1F. The number of nitrogens with one attached hydrogen (secondary N) is 2. The van der Waals surface area contributed by atoms with E-state index >= 15 is 0 Å². The van der Waals surface area contributed by atoms with E-state index in [4.69, 9.17) is 9.52 Å². The molecule has 7 nitrogen and oxygen atoms in total. The van der Waals surface area contributed by atoms with Gasteiger partial charge in [-0.05, 0) is 37.6 Å². The van der Waals surface area contributed by atoms with Crippen LogP contribution in [0.2, 0.25) is 0 Å². The Balaban J connectivity index is 2.02. The van der Waals surface area contributed by atoms with Crippen LogP contribution in [0.4, 0.5) is 33.3 Å². The Morgan fingerprint density at radius 3 is 2.58 bits per heavy atom. The number of methoxy groups -OCH3 is 1. The maximum absolute atomic E-state index is 14.3. The minimum Gasteiger partial charge on any atom is -0.491 e. The average Bonchev–Trinajstić information content (AvgIpc) is 3.08. The summed E-state index contributed by atoms with van der Waals surface area (Å²) in [5.74, 6) is -4.12. The molecule has 33 heavy (non-hydrogen) atoms. The van der Waals surface area contributed by atoms with Crippen molar-refractivity contribution in [1.29, 1.82) is 4.78 Å². The van der Waals surface area contributed by atoms with Crippen LogP contribution in [0.1, 0.15) is 13.3 Å². The Hall–Kier alpha value is -2.96. The van der Waals surface area contributed by atoms with Gasteiger partial charge in [0.05, 0.1) is 27.9 Å². The Labute approximate surface area is 186 Å². The van der Waals surface area contributed by atoms with Crippen LogP contribution in [-0.2, 0) is 14.5 Å². The third kappa shape index (κ3) is 4.72. The summed E-state index contributed by atoms with van der Waals surface area (Å²) in [6.07, 6.45) is -3.02. The second-order valence-corrected chi connectivity index (χ2v) is 10.1. The van der Waals surface area contributed by atoms with Crippen molar-refractivity contribution in [2.75, 3.05) is 30.1 Å². The molecule has 0 radical (unpaired) electrons. The molecule has 0 spiro atoms. The summed E-state index contributed by atoms with van der Waals surface area (Å²) in [6, 6.07) is 2.89. The van der Waals surface area contributed by atoms with Gasteiger partial charge in [0.25, 0.3) is 0 Å². The quantitative estimate of drug-likeness (QED) is 0.611. The third-order valence-corrected chi connectivity index (χ3v) is 6.49. The van der Waals surface area contributed by atoms with Gasteiger partial charge < -0.3 is 15.0 Å². The van der Waals surface area contributed by atoms with Crippen molar-refractivity contribution in [1.82, 2.24) is 4.98 Å². The number of hydrogen-bond donors (Lipinski definition) is 2. The van der Waals surface area contributed by atoms with Gasteiger partial charge in [0.15, 0.2) is 11.6 Å². The number of rotatable bonds is 5. The van der Waals surface area contributed by atoms with Crippen LogP contribution in [0, 0.1) is 21.8 Å². The maximum Gasteiger partial charge on any atom is 0.396 e. The van der Waals surface area contributed by atoms with Crippen LogP contribution < -0.4 is 15.0 Å². The number of carbonyl (C=O) groups is 1. The van der Waals surface area contributed by atoms with Crippen LogP contribution in [0.25, 0.3) is 0 Å². The van der Waals surface area contributed by atoms with Crippen molar-refractivity contribution in [2.24, 2.45) is 5.41 Å². The highest BCUT2D eigenvalue weighted by atomic mass is 32.2. The molecule has 1 amide bonds. The summed E-state index contributed by atoms with van der Waals surface area (Å²) in [5.41, 5.74) is -2.46. The van der Waals surface area contributed by atoms with Crippen LogP contribution in [0.5, 0.6) is 5.75 Å². The molecule has 1 aromatic heterocycles. The van der Waals surface area contributed by atoms with Crippen molar-refractivity contribution in [3.05, 3.63) is 42.1 Å². The summed E-state index contributed by atoms with van der Waals surface area (Å²) in [4.78, 5) is 17.9. The summed E-state index contributed by atoms with van der Waals surface area (Å²) in [5, 5.41) is 2.32. The van der Waals surface area contributed by atoms with Crippen molar-refractivity contribution in [2.45, 2.75) is 30.6 Å². The number of ether oxygens (including phenoxy) is 1. The zero-order valence-corrected chi connectivity index (χ0v) is 18.6. The highest BCUT2D eigenvalue weighted by molar-refractivity contribution is 7.91. The number of aromatic nitrogens is 1. The molecule has 2 N–H and O–H groups in total. The topological polar surface area (TPSA) is 95.4 Å². The number of nitrogens with zero attached hydrogens (tertiary/aromatic N) is 2. The summed E-state index contributed by atoms with van der Waals surface area (Å²) < 4.78 is 93.8. The minimum absolute atomic E-state index is 0.0737. The van der Waals surface area contributed by atoms with E-state index in [0.717, 1.165) is 37.3 Å². The fourth-order valence-electron chi connectivity index (χ4n) is 3.65. The van der Waals surface area contributed by atoms with E-state index in [9.17, 15) is 31.0 Å². The molecule has 3 rings (SSSR count). The van der Waals surface area contributed by atoms with Crippen LogP contribution in [-0.4, -0.2) is 47.2 Å². The number of alkyl halides is 3. The number of pyridine rings is 1. The largest absolute Gasteiger partial charge is 0.491 e. The summed E-state index contributed by atoms with van der Waals surface area (Å²) in [6.45, 7) is 0.240. The van der Waals surface area contributed by atoms with E-state index in [1.165, 1.54) is 18.3 Å². The Bertz CT molecular complexity index is 1190. The first-order chi connectivity index (χ1) is 15.2. The number of anilines is 2. The number of carbonyl (C=O) groups excluding carboxylic acids is 1. The van der Waals surface area contributed by atoms with E-state index in [2.05, 4.69) is 10.3 Å².